The lowest BCUT2D eigenvalue weighted by Gasteiger charge is -2.32. The van der Waals surface area contributed by atoms with Gasteiger partial charge in [0, 0.05) is 26.1 Å². The van der Waals surface area contributed by atoms with Gasteiger partial charge in [0.15, 0.2) is 0 Å². The largest absolute Gasteiger partial charge is 0.481 e. The molecule has 1 rings (SSSR count). The summed E-state index contributed by atoms with van der Waals surface area (Å²) >= 11 is 0. The molecule has 128 valence electrons. The van der Waals surface area contributed by atoms with Crippen LogP contribution in [0.25, 0.3) is 0 Å². The minimum atomic E-state index is -0.805. The van der Waals surface area contributed by atoms with Crippen molar-refractivity contribution < 1.29 is 19.5 Å². The second-order valence-corrected chi connectivity index (χ2v) is 5.93. The molecule has 1 aliphatic rings. The molecular formula is C17H26N2O4. The standard InChI is InChI=1S/C17H26N2O4/c1-4-6-13(7-5-2)16(21)18(3)12-15(20)19-10-8-14(9-11-19)17(22)23/h4-5,13-14H,1-2,6-12H2,3H3,(H,22,23). The van der Waals surface area contributed by atoms with Gasteiger partial charge in [-0.25, -0.2) is 0 Å². The Bertz CT molecular complexity index is 457. The number of likely N-dealkylation sites (N-methyl/N-ethyl adjacent to an activating group) is 1. The van der Waals surface area contributed by atoms with Crippen LogP contribution in [-0.2, 0) is 14.4 Å². The van der Waals surface area contributed by atoms with E-state index in [1.165, 1.54) is 4.90 Å². The summed E-state index contributed by atoms with van der Waals surface area (Å²) in [5.41, 5.74) is 0. The fourth-order valence-corrected chi connectivity index (χ4v) is 2.77. The maximum Gasteiger partial charge on any atom is 0.306 e. The van der Waals surface area contributed by atoms with Crippen molar-refractivity contribution in [1.82, 2.24) is 9.80 Å². The molecule has 0 radical (unpaired) electrons. The molecule has 0 spiro atoms. The molecule has 2 amide bonds. The van der Waals surface area contributed by atoms with Crippen LogP contribution in [0.15, 0.2) is 25.3 Å². The van der Waals surface area contributed by atoms with Gasteiger partial charge in [-0.2, -0.15) is 0 Å². The highest BCUT2D eigenvalue weighted by Crippen LogP contribution is 2.18. The Morgan fingerprint density at radius 3 is 2.17 bits per heavy atom. The number of carboxylic acid groups (broad SMARTS) is 1. The summed E-state index contributed by atoms with van der Waals surface area (Å²) in [6.07, 6.45) is 5.42. The second-order valence-electron chi connectivity index (χ2n) is 5.93. The average Bonchev–Trinajstić information content (AvgIpc) is 2.53. The smallest absolute Gasteiger partial charge is 0.306 e. The van der Waals surface area contributed by atoms with Crippen LogP contribution in [0.1, 0.15) is 25.7 Å². The Morgan fingerprint density at radius 1 is 1.22 bits per heavy atom. The van der Waals surface area contributed by atoms with E-state index >= 15 is 0 Å². The predicted molar refractivity (Wildman–Crippen MR) is 87.7 cm³/mol. The number of nitrogens with zero attached hydrogens (tertiary/aromatic N) is 2. The first-order valence-electron chi connectivity index (χ1n) is 7.88. The second kappa shape index (κ2) is 9.12. The van der Waals surface area contributed by atoms with Crippen LogP contribution < -0.4 is 0 Å². The molecule has 1 aliphatic heterocycles. The first-order chi connectivity index (χ1) is 10.9. The van der Waals surface area contributed by atoms with Crippen molar-refractivity contribution in [2.45, 2.75) is 25.7 Å². The number of carbonyl (C=O) groups is 3. The van der Waals surface area contributed by atoms with Gasteiger partial charge in [0.2, 0.25) is 11.8 Å². The van der Waals surface area contributed by atoms with Crippen molar-refractivity contribution >= 4 is 17.8 Å². The molecule has 23 heavy (non-hydrogen) atoms. The number of amides is 2. The maximum absolute atomic E-state index is 12.4. The fraction of sp³-hybridized carbons (Fsp3) is 0.588. The van der Waals surface area contributed by atoms with Gasteiger partial charge in [-0.15, -0.1) is 13.2 Å². The van der Waals surface area contributed by atoms with Gasteiger partial charge in [0.1, 0.15) is 0 Å². The minimum absolute atomic E-state index is 0.0152. The third-order valence-corrected chi connectivity index (χ3v) is 4.20. The van der Waals surface area contributed by atoms with Gasteiger partial charge in [0.25, 0.3) is 0 Å². The number of rotatable bonds is 8. The van der Waals surface area contributed by atoms with Crippen LogP contribution in [-0.4, -0.2) is 59.4 Å². The van der Waals surface area contributed by atoms with E-state index in [1.807, 2.05) is 0 Å². The van der Waals surface area contributed by atoms with E-state index in [0.717, 1.165) is 0 Å². The molecule has 0 aromatic carbocycles. The Kier molecular flexibility index (Phi) is 7.51. The molecule has 1 saturated heterocycles. The highest BCUT2D eigenvalue weighted by atomic mass is 16.4. The van der Waals surface area contributed by atoms with E-state index in [2.05, 4.69) is 13.2 Å². The fourth-order valence-electron chi connectivity index (χ4n) is 2.77. The molecule has 6 heteroatoms. The number of hydrogen-bond acceptors (Lipinski definition) is 3. The van der Waals surface area contributed by atoms with Crippen molar-refractivity contribution in [1.29, 1.82) is 0 Å². The van der Waals surface area contributed by atoms with Crippen LogP contribution in [0.2, 0.25) is 0 Å². The van der Waals surface area contributed by atoms with Gasteiger partial charge >= 0.3 is 5.97 Å². The molecular weight excluding hydrogens is 296 g/mol. The van der Waals surface area contributed by atoms with Gasteiger partial charge in [0.05, 0.1) is 12.5 Å². The van der Waals surface area contributed by atoms with Gasteiger partial charge < -0.3 is 14.9 Å². The minimum Gasteiger partial charge on any atom is -0.481 e. The summed E-state index contributed by atoms with van der Waals surface area (Å²) in [4.78, 5) is 38.6. The zero-order valence-electron chi connectivity index (χ0n) is 13.7. The number of aliphatic carboxylic acids is 1. The highest BCUT2D eigenvalue weighted by molar-refractivity contribution is 5.86. The van der Waals surface area contributed by atoms with E-state index in [1.54, 1.807) is 24.1 Å². The quantitative estimate of drug-likeness (QED) is 0.688. The van der Waals surface area contributed by atoms with Gasteiger partial charge in [-0.05, 0) is 25.7 Å². The summed E-state index contributed by atoms with van der Waals surface area (Å²) in [7, 11) is 1.61. The Labute approximate surface area is 137 Å². The van der Waals surface area contributed by atoms with Crippen molar-refractivity contribution in [3.63, 3.8) is 0 Å². The summed E-state index contributed by atoms with van der Waals surface area (Å²) < 4.78 is 0. The van der Waals surface area contributed by atoms with Crippen LogP contribution in [0.3, 0.4) is 0 Å². The Morgan fingerprint density at radius 2 is 1.74 bits per heavy atom. The molecule has 0 unspecified atom stereocenters. The normalized spacial score (nSPS) is 15.3. The Balaban J connectivity index is 2.52. The SMILES string of the molecule is C=CCC(CC=C)C(=O)N(C)CC(=O)N1CCC(C(=O)O)CC1. The molecule has 6 nitrogen and oxygen atoms in total. The summed E-state index contributed by atoms with van der Waals surface area (Å²) in [5, 5.41) is 8.97. The van der Waals surface area contributed by atoms with E-state index < -0.39 is 5.97 Å². The molecule has 1 heterocycles. The van der Waals surface area contributed by atoms with E-state index in [0.29, 0.717) is 38.8 Å². The van der Waals surface area contributed by atoms with Crippen molar-refractivity contribution in [3.05, 3.63) is 25.3 Å². The van der Waals surface area contributed by atoms with Crippen molar-refractivity contribution in [2.75, 3.05) is 26.7 Å². The lowest BCUT2D eigenvalue weighted by molar-refractivity contribution is -0.146. The maximum atomic E-state index is 12.4. The van der Waals surface area contributed by atoms with Crippen LogP contribution >= 0.6 is 0 Å². The monoisotopic (exact) mass is 322 g/mol. The molecule has 0 aliphatic carbocycles. The summed E-state index contributed by atoms with van der Waals surface area (Å²) in [6.45, 7) is 8.18. The van der Waals surface area contributed by atoms with E-state index in [-0.39, 0.29) is 30.2 Å². The number of piperidine rings is 1. The number of allylic oxidation sites excluding steroid dienone is 2. The lowest BCUT2D eigenvalue weighted by atomic mass is 9.97. The molecule has 1 fully saturated rings. The zero-order chi connectivity index (χ0) is 17.4. The van der Waals surface area contributed by atoms with Crippen LogP contribution in [0.5, 0.6) is 0 Å². The van der Waals surface area contributed by atoms with Crippen molar-refractivity contribution in [2.24, 2.45) is 11.8 Å². The number of likely N-dealkylation sites (tertiary alicyclic amines) is 1. The number of hydrogen-bond donors (Lipinski definition) is 1. The molecule has 1 N–H and O–H groups in total. The first-order valence-corrected chi connectivity index (χ1v) is 7.88. The van der Waals surface area contributed by atoms with E-state index in [9.17, 15) is 14.4 Å². The average molecular weight is 322 g/mol. The molecule has 0 saturated carbocycles. The molecule has 0 atom stereocenters. The van der Waals surface area contributed by atoms with Crippen LogP contribution in [0.4, 0.5) is 0 Å². The highest BCUT2D eigenvalue weighted by Gasteiger charge is 2.28. The zero-order valence-corrected chi connectivity index (χ0v) is 13.7. The summed E-state index contributed by atoms with van der Waals surface area (Å²) in [6, 6.07) is 0. The predicted octanol–water partition coefficient (Wildman–Crippen LogP) is 1.54. The third-order valence-electron chi connectivity index (χ3n) is 4.20. The third kappa shape index (κ3) is 5.54. The van der Waals surface area contributed by atoms with Gasteiger partial charge in [-0.1, -0.05) is 12.2 Å². The molecule has 0 bridgehead atoms. The van der Waals surface area contributed by atoms with Crippen LogP contribution in [0, 0.1) is 11.8 Å². The number of carbonyl (C=O) groups excluding carboxylic acids is 2. The topological polar surface area (TPSA) is 77.9 Å². The number of carboxylic acids is 1. The molecule has 0 aromatic rings. The summed E-state index contributed by atoms with van der Waals surface area (Å²) in [5.74, 6) is -1.65. The lowest BCUT2D eigenvalue weighted by Crippen LogP contribution is -2.46. The molecule has 0 aromatic heterocycles. The first kappa shape index (κ1) is 18.9. The van der Waals surface area contributed by atoms with Gasteiger partial charge in [-0.3, -0.25) is 14.4 Å². The van der Waals surface area contributed by atoms with E-state index in [4.69, 9.17) is 5.11 Å². The Hall–Kier alpha value is -2.11. The van der Waals surface area contributed by atoms with Crippen molar-refractivity contribution in [3.8, 4) is 0 Å².